The van der Waals surface area contributed by atoms with Crippen molar-refractivity contribution in [3.8, 4) is 17.0 Å². The number of hydrogen-bond acceptors (Lipinski definition) is 5. The van der Waals surface area contributed by atoms with Crippen molar-refractivity contribution in [2.45, 2.75) is 6.92 Å². The molecule has 0 aliphatic carbocycles. The Morgan fingerprint density at radius 1 is 1.14 bits per heavy atom. The lowest BCUT2D eigenvalue weighted by atomic mass is 10.1. The van der Waals surface area contributed by atoms with Gasteiger partial charge in [-0.05, 0) is 37.3 Å². The molecule has 0 fully saturated rings. The van der Waals surface area contributed by atoms with Gasteiger partial charge in [0.15, 0.2) is 11.5 Å². The average Bonchev–Trinajstić information content (AvgIpc) is 3.38. The van der Waals surface area contributed by atoms with Crippen LogP contribution >= 0.6 is 0 Å². The molecule has 0 atom stereocenters. The van der Waals surface area contributed by atoms with Gasteiger partial charge in [-0.25, -0.2) is 9.97 Å². The molecule has 0 saturated heterocycles. The number of rotatable bonds is 5. The van der Waals surface area contributed by atoms with Crippen molar-refractivity contribution in [3.05, 3.63) is 67.3 Å². The van der Waals surface area contributed by atoms with Crippen molar-refractivity contribution in [2.24, 2.45) is 0 Å². The second-order valence-corrected chi connectivity index (χ2v) is 6.39. The molecule has 0 unspecified atom stereocenters. The second-order valence-electron chi connectivity index (χ2n) is 6.39. The van der Waals surface area contributed by atoms with Crippen LogP contribution in [0.15, 0.2) is 67.3 Å². The third kappa shape index (κ3) is 2.92. The van der Waals surface area contributed by atoms with Crippen molar-refractivity contribution in [3.63, 3.8) is 0 Å². The van der Waals surface area contributed by atoms with Crippen LogP contribution in [-0.4, -0.2) is 31.2 Å². The maximum Gasteiger partial charge on any atom is 0.180 e. The summed E-state index contributed by atoms with van der Waals surface area (Å²) in [6.45, 7) is 2.61. The van der Waals surface area contributed by atoms with Crippen LogP contribution in [0.3, 0.4) is 0 Å². The fourth-order valence-corrected chi connectivity index (χ4v) is 3.19. The molecule has 28 heavy (non-hydrogen) atoms. The summed E-state index contributed by atoms with van der Waals surface area (Å²) in [4.78, 5) is 9.26. The van der Waals surface area contributed by atoms with E-state index in [1.807, 2.05) is 72.4 Å². The number of H-pyrrole nitrogens is 1. The van der Waals surface area contributed by atoms with E-state index in [2.05, 4.69) is 20.5 Å². The molecular weight excluding hydrogens is 352 g/mol. The zero-order valence-corrected chi connectivity index (χ0v) is 15.3. The molecule has 5 aromatic rings. The standard InChI is InChI=1S/C21H18N6O/c1-2-28-17-7-5-16(6-8-17)24-20-21-22-9-10-27(21)13-19(25-20)14-3-4-15-12-23-26-18(15)11-14/h3-13H,2H2,1H3,(H,23,26)(H,24,25). The molecule has 7 heteroatoms. The lowest BCUT2D eigenvalue weighted by molar-refractivity contribution is 0.340. The Bertz CT molecular complexity index is 1260. The van der Waals surface area contributed by atoms with Gasteiger partial charge in [-0.15, -0.1) is 0 Å². The van der Waals surface area contributed by atoms with Gasteiger partial charge in [0.25, 0.3) is 0 Å². The van der Waals surface area contributed by atoms with E-state index in [-0.39, 0.29) is 0 Å². The Morgan fingerprint density at radius 2 is 2.04 bits per heavy atom. The summed E-state index contributed by atoms with van der Waals surface area (Å²) >= 11 is 0. The van der Waals surface area contributed by atoms with Gasteiger partial charge in [0.05, 0.1) is 24.0 Å². The van der Waals surface area contributed by atoms with Gasteiger partial charge in [-0.1, -0.05) is 12.1 Å². The number of anilines is 2. The highest BCUT2D eigenvalue weighted by Gasteiger charge is 2.10. The normalized spacial score (nSPS) is 11.2. The summed E-state index contributed by atoms with van der Waals surface area (Å²) < 4.78 is 7.48. The molecular formula is C21H18N6O. The number of benzene rings is 2. The second kappa shape index (κ2) is 6.70. The largest absolute Gasteiger partial charge is 0.494 e. The summed E-state index contributed by atoms with van der Waals surface area (Å²) in [5.41, 5.74) is 4.51. The minimum Gasteiger partial charge on any atom is -0.494 e. The SMILES string of the molecule is CCOc1ccc(Nc2nc(-c3ccc4cn[nH]c4c3)cn3ccnc23)cc1. The van der Waals surface area contributed by atoms with Crippen LogP contribution in [0.1, 0.15) is 6.92 Å². The molecule has 0 spiro atoms. The Morgan fingerprint density at radius 3 is 2.89 bits per heavy atom. The third-order valence-electron chi connectivity index (χ3n) is 4.54. The lowest BCUT2D eigenvalue weighted by Gasteiger charge is -2.11. The number of fused-ring (bicyclic) bond motifs is 2. The first-order valence-corrected chi connectivity index (χ1v) is 9.07. The van der Waals surface area contributed by atoms with E-state index in [0.29, 0.717) is 12.4 Å². The highest BCUT2D eigenvalue weighted by atomic mass is 16.5. The van der Waals surface area contributed by atoms with E-state index in [1.54, 1.807) is 6.20 Å². The highest BCUT2D eigenvalue weighted by Crippen LogP contribution is 2.27. The van der Waals surface area contributed by atoms with Crippen LogP contribution in [-0.2, 0) is 0 Å². The molecule has 0 amide bonds. The molecule has 0 aliphatic heterocycles. The van der Waals surface area contributed by atoms with E-state index in [1.165, 1.54) is 0 Å². The van der Waals surface area contributed by atoms with Crippen molar-refractivity contribution < 1.29 is 4.74 Å². The number of ether oxygens (including phenoxy) is 1. The molecule has 0 saturated carbocycles. The molecule has 2 aromatic carbocycles. The monoisotopic (exact) mass is 370 g/mol. The van der Waals surface area contributed by atoms with Crippen LogP contribution in [0, 0.1) is 0 Å². The maximum absolute atomic E-state index is 5.51. The summed E-state index contributed by atoms with van der Waals surface area (Å²) in [6, 6.07) is 13.9. The Labute approximate surface area is 161 Å². The van der Waals surface area contributed by atoms with Crippen LogP contribution in [0.5, 0.6) is 5.75 Å². The molecule has 5 rings (SSSR count). The molecule has 2 N–H and O–H groups in total. The van der Waals surface area contributed by atoms with Crippen LogP contribution in [0.2, 0.25) is 0 Å². The maximum atomic E-state index is 5.51. The molecule has 0 bridgehead atoms. The fourth-order valence-electron chi connectivity index (χ4n) is 3.19. The number of hydrogen-bond donors (Lipinski definition) is 2. The third-order valence-corrected chi connectivity index (χ3v) is 4.54. The predicted molar refractivity (Wildman–Crippen MR) is 109 cm³/mol. The lowest BCUT2D eigenvalue weighted by Crippen LogP contribution is -2.00. The summed E-state index contributed by atoms with van der Waals surface area (Å²) in [7, 11) is 0. The quantitative estimate of drug-likeness (QED) is 0.479. The van der Waals surface area contributed by atoms with E-state index in [9.17, 15) is 0 Å². The topological polar surface area (TPSA) is 80.1 Å². The van der Waals surface area contributed by atoms with Gasteiger partial charge < -0.3 is 14.5 Å². The van der Waals surface area contributed by atoms with Crippen molar-refractivity contribution in [1.29, 1.82) is 0 Å². The molecule has 3 aromatic heterocycles. The minimum absolute atomic E-state index is 0.645. The Hall–Kier alpha value is -3.87. The molecule has 0 aliphatic rings. The Kier molecular flexibility index (Phi) is 3.90. The fraction of sp³-hybridized carbons (Fsp3) is 0.0952. The van der Waals surface area contributed by atoms with Gasteiger partial charge in [0.2, 0.25) is 0 Å². The molecule has 138 valence electrons. The zero-order valence-electron chi connectivity index (χ0n) is 15.3. The predicted octanol–water partition coefficient (Wildman–Crippen LogP) is 4.41. The van der Waals surface area contributed by atoms with Gasteiger partial charge >= 0.3 is 0 Å². The number of aromatic nitrogens is 5. The van der Waals surface area contributed by atoms with E-state index >= 15 is 0 Å². The Balaban J connectivity index is 1.55. The van der Waals surface area contributed by atoms with Crippen LogP contribution < -0.4 is 10.1 Å². The minimum atomic E-state index is 0.645. The average molecular weight is 370 g/mol. The van der Waals surface area contributed by atoms with Crippen molar-refractivity contribution >= 4 is 28.1 Å². The van der Waals surface area contributed by atoms with E-state index in [4.69, 9.17) is 9.72 Å². The molecule has 7 nitrogen and oxygen atoms in total. The van der Waals surface area contributed by atoms with Crippen LogP contribution in [0.4, 0.5) is 11.5 Å². The van der Waals surface area contributed by atoms with Gasteiger partial charge in [-0.2, -0.15) is 5.10 Å². The zero-order chi connectivity index (χ0) is 18.9. The smallest absolute Gasteiger partial charge is 0.180 e. The van der Waals surface area contributed by atoms with Gasteiger partial charge in [-0.3, -0.25) is 5.10 Å². The van der Waals surface area contributed by atoms with E-state index < -0.39 is 0 Å². The number of nitrogens with one attached hydrogen (secondary N) is 2. The number of nitrogens with zero attached hydrogens (tertiary/aromatic N) is 4. The molecule has 0 radical (unpaired) electrons. The first kappa shape index (κ1) is 16.3. The van der Waals surface area contributed by atoms with Gasteiger partial charge in [0, 0.05) is 35.2 Å². The number of aromatic amines is 1. The van der Waals surface area contributed by atoms with Crippen molar-refractivity contribution in [1.82, 2.24) is 24.6 Å². The summed E-state index contributed by atoms with van der Waals surface area (Å²) in [5.74, 6) is 1.53. The highest BCUT2D eigenvalue weighted by molar-refractivity contribution is 5.83. The van der Waals surface area contributed by atoms with Crippen molar-refractivity contribution in [2.75, 3.05) is 11.9 Å². The summed E-state index contributed by atoms with van der Waals surface area (Å²) in [6.07, 6.45) is 7.47. The first-order chi connectivity index (χ1) is 13.8. The molecule has 3 heterocycles. The van der Waals surface area contributed by atoms with Gasteiger partial charge in [0.1, 0.15) is 5.75 Å². The first-order valence-electron chi connectivity index (χ1n) is 9.07. The van der Waals surface area contributed by atoms with Crippen LogP contribution in [0.25, 0.3) is 27.8 Å². The number of imidazole rings is 1. The summed E-state index contributed by atoms with van der Waals surface area (Å²) in [5, 5.41) is 11.5. The van der Waals surface area contributed by atoms with E-state index in [0.717, 1.165) is 39.2 Å².